The van der Waals surface area contributed by atoms with E-state index in [1.165, 1.54) is 19.3 Å². The Morgan fingerprint density at radius 2 is 2.20 bits per heavy atom. The number of carboxylic acid groups (broad SMARTS) is 1. The van der Waals surface area contributed by atoms with Gasteiger partial charge in [0.05, 0.1) is 18.4 Å². The first-order chi connectivity index (χ1) is 7.13. The van der Waals surface area contributed by atoms with Crippen LogP contribution in [-0.2, 0) is 4.79 Å². The predicted octanol–water partition coefficient (Wildman–Crippen LogP) is -0.0623. The molecule has 1 aromatic heterocycles. The molecule has 0 aromatic carbocycles. The molecule has 80 valence electrons. The van der Waals surface area contributed by atoms with E-state index >= 15 is 0 Å². The summed E-state index contributed by atoms with van der Waals surface area (Å²) in [5.41, 5.74) is 0.573. The highest BCUT2D eigenvalue weighted by Crippen LogP contribution is 2.05. The second-order valence-corrected chi connectivity index (χ2v) is 2.76. The first-order valence-electron chi connectivity index (χ1n) is 4.27. The van der Waals surface area contributed by atoms with E-state index in [0.717, 1.165) is 0 Å². The number of anilines is 1. The number of carboxylic acids is 1. The van der Waals surface area contributed by atoms with E-state index in [2.05, 4.69) is 15.6 Å². The fraction of sp³-hybridized carbons (Fsp3) is 0.222. The summed E-state index contributed by atoms with van der Waals surface area (Å²) in [5, 5.41) is 13.8. The van der Waals surface area contributed by atoms with Crippen LogP contribution in [0.3, 0.4) is 0 Å². The number of hydrogen-bond acceptors (Lipinski definition) is 4. The van der Waals surface area contributed by atoms with Crippen LogP contribution in [0.5, 0.6) is 0 Å². The number of carbonyl (C=O) groups is 2. The van der Waals surface area contributed by atoms with Crippen molar-refractivity contribution in [2.45, 2.75) is 0 Å². The zero-order valence-electron chi connectivity index (χ0n) is 8.15. The normalized spacial score (nSPS) is 9.40. The van der Waals surface area contributed by atoms with Crippen molar-refractivity contribution in [1.29, 1.82) is 0 Å². The molecule has 0 aliphatic rings. The topological polar surface area (TPSA) is 91.3 Å². The van der Waals surface area contributed by atoms with Gasteiger partial charge in [-0.05, 0) is 12.1 Å². The summed E-state index contributed by atoms with van der Waals surface area (Å²) < 4.78 is 0. The predicted molar refractivity (Wildman–Crippen MR) is 53.8 cm³/mol. The van der Waals surface area contributed by atoms with Gasteiger partial charge in [-0.1, -0.05) is 0 Å². The van der Waals surface area contributed by atoms with Crippen molar-refractivity contribution in [3.05, 3.63) is 24.0 Å². The maximum atomic E-state index is 10.9. The van der Waals surface area contributed by atoms with Crippen molar-refractivity contribution in [2.24, 2.45) is 0 Å². The Labute approximate surface area is 86.3 Å². The molecule has 1 rings (SSSR count). The van der Waals surface area contributed by atoms with Crippen LogP contribution in [0.25, 0.3) is 0 Å². The van der Waals surface area contributed by atoms with Gasteiger partial charge in [0.1, 0.15) is 5.69 Å². The van der Waals surface area contributed by atoms with Crippen LogP contribution in [0.1, 0.15) is 10.5 Å². The molecule has 0 unspecified atom stereocenters. The summed E-state index contributed by atoms with van der Waals surface area (Å²) in [7, 11) is 1.54. The zero-order valence-corrected chi connectivity index (χ0v) is 8.15. The van der Waals surface area contributed by atoms with Crippen LogP contribution in [0.15, 0.2) is 18.3 Å². The van der Waals surface area contributed by atoms with Crippen LogP contribution in [-0.4, -0.2) is 35.6 Å². The number of nitrogens with one attached hydrogen (secondary N) is 2. The van der Waals surface area contributed by atoms with Crippen molar-refractivity contribution in [3.8, 4) is 0 Å². The van der Waals surface area contributed by atoms with E-state index in [-0.39, 0.29) is 18.1 Å². The van der Waals surface area contributed by atoms with Gasteiger partial charge < -0.3 is 15.7 Å². The van der Waals surface area contributed by atoms with Gasteiger partial charge in [0.15, 0.2) is 0 Å². The highest BCUT2D eigenvalue weighted by molar-refractivity contribution is 5.85. The fourth-order valence-corrected chi connectivity index (χ4v) is 0.896. The molecule has 1 aromatic rings. The molecule has 6 nitrogen and oxygen atoms in total. The van der Waals surface area contributed by atoms with Gasteiger partial charge in [-0.15, -0.1) is 0 Å². The minimum atomic E-state index is -1.08. The number of pyridine rings is 1. The van der Waals surface area contributed by atoms with Gasteiger partial charge >= 0.3 is 5.97 Å². The summed E-state index contributed by atoms with van der Waals surface area (Å²) in [6.07, 6.45) is 1.37. The van der Waals surface area contributed by atoms with E-state index in [1.807, 2.05) is 0 Å². The standard InChI is InChI=1S/C9H11N3O3/c1-10-8(13)5-11-6-2-3-7(9(14)15)12-4-6/h2-4,11H,5H2,1H3,(H,10,13)(H,14,15). The number of likely N-dealkylation sites (N-methyl/N-ethyl adjacent to an activating group) is 1. The first kappa shape index (κ1) is 11.0. The van der Waals surface area contributed by atoms with Gasteiger partial charge in [-0.25, -0.2) is 9.78 Å². The SMILES string of the molecule is CNC(=O)CNc1ccc(C(=O)O)nc1. The summed E-state index contributed by atoms with van der Waals surface area (Å²) in [6.45, 7) is 0.130. The molecular weight excluding hydrogens is 198 g/mol. The lowest BCUT2D eigenvalue weighted by atomic mass is 10.3. The Kier molecular flexibility index (Phi) is 3.61. The molecule has 0 aliphatic carbocycles. The van der Waals surface area contributed by atoms with Gasteiger partial charge in [-0.3, -0.25) is 4.79 Å². The molecule has 0 spiro atoms. The van der Waals surface area contributed by atoms with Crippen molar-refractivity contribution < 1.29 is 14.7 Å². The first-order valence-corrected chi connectivity index (χ1v) is 4.27. The molecule has 0 fully saturated rings. The molecule has 0 atom stereocenters. The fourth-order valence-electron chi connectivity index (χ4n) is 0.896. The average molecular weight is 209 g/mol. The molecule has 15 heavy (non-hydrogen) atoms. The Hall–Kier alpha value is -2.11. The Morgan fingerprint density at radius 3 is 2.67 bits per heavy atom. The lowest BCUT2D eigenvalue weighted by Gasteiger charge is -2.04. The highest BCUT2D eigenvalue weighted by atomic mass is 16.4. The molecule has 0 aliphatic heterocycles. The summed E-state index contributed by atoms with van der Waals surface area (Å²) in [4.78, 5) is 25.0. The van der Waals surface area contributed by atoms with Crippen molar-refractivity contribution in [2.75, 3.05) is 18.9 Å². The van der Waals surface area contributed by atoms with Crippen molar-refractivity contribution >= 4 is 17.6 Å². The Morgan fingerprint density at radius 1 is 1.47 bits per heavy atom. The maximum absolute atomic E-state index is 10.9. The second-order valence-electron chi connectivity index (χ2n) is 2.76. The largest absolute Gasteiger partial charge is 0.477 e. The van der Waals surface area contributed by atoms with Crippen LogP contribution in [0.4, 0.5) is 5.69 Å². The number of rotatable bonds is 4. The van der Waals surface area contributed by atoms with Crippen LogP contribution in [0.2, 0.25) is 0 Å². The third-order valence-corrected chi connectivity index (χ3v) is 1.71. The number of nitrogens with zero attached hydrogens (tertiary/aromatic N) is 1. The number of carbonyl (C=O) groups excluding carboxylic acids is 1. The van der Waals surface area contributed by atoms with E-state index < -0.39 is 5.97 Å². The molecule has 1 heterocycles. The number of amides is 1. The monoisotopic (exact) mass is 209 g/mol. The van der Waals surface area contributed by atoms with Crippen LogP contribution < -0.4 is 10.6 Å². The number of aromatic nitrogens is 1. The molecule has 3 N–H and O–H groups in total. The van der Waals surface area contributed by atoms with Crippen molar-refractivity contribution in [1.82, 2.24) is 10.3 Å². The molecule has 0 radical (unpaired) electrons. The van der Waals surface area contributed by atoms with Crippen molar-refractivity contribution in [3.63, 3.8) is 0 Å². The van der Waals surface area contributed by atoms with E-state index in [0.29, 0.717) is 5.69 Å². The van der Waals surface area contributed by atoms with Gasteiger partial charge in [0.25, 0.3) is 0 Å². The lowest BCUT2D eigenvalue weighted by molar-refractivity contribution is -0.118. The molecule has 6 heteroatoms. The Balaban J connectivity index is 2.57. The average Bonchev–Trinajstić information content (AvgIpc) is 2.26. The van der Waals surface area contributed by atoms with Gasteiger partial charge in [-0.2, -0.15) is 0 Å². The zero-order chi connectivity index (χ0) is 11.3. The molecule has 0 saturated carbocycles. The molecule has 0 bridgehead atoms. The summed E-state index contributed by atoms with van der Waals surface area (Å²) in [5.74, 6) is -1.23. The summed E-state index contributed by atoms with van der Waals surface area (Å²) >= 11 is 0. The smallest absolute Gasteiger partial charge is 0.354 e. The van der Waals surface area contributed by atoms with Gasteiger partial charge in [0, 0.05) is 7.05 Å². The highest BCUT2D eigenvalue weighted by Gasteiger charge is 2.03. The molecular formula is C9H11N3O3. The third-order valence-electron chi connectivity index (χ3n) is 1.71. The summed E-state index contributed by atoms with van der Waals surface area (Å²) in [6, 6.07) is 2.92. The van der Waals surface area contributed by atoms with E-state index in [1.54, 1.807) is 6.07 Å². The lowest BCUT2D eigenvalue weighted by Crippen LogP contribution is -2.26. The minimum absolute atomic E-state index is 0.0273. The molecule has 0 saturated heterocycles. The van der Waals surface area contributed by atoms with Crippen LogP contribution >= 0.6 is 0 Å². The minimum Gasteiger partial charge on any atom is -0.477 e. The van der Waals surface area contributed by atoms with E-state index in [4.69, 9.17) is 5.11 Å². The molecule has 1 amide bonds. The number of aromatic carboxylic acids is 1. The number of hydrogen-bond donors (Lipinski definition) is 3. The van der Waals surface area contributed by atoms with E-state index in [9.17, 15) is 9.59 Å². The Bertz CT molecular complexity index is 361. The van der Waals surface area contributed by atoms with Crippen LogP contribution in [0, 0.1) is 0 Å². The second kappa shape index (κ2) is 4.94. The van der Waals surface area contributed by atoms with Gasteiger partial charge in [0.2, 0.25) is 5.91 Å². The maximum Gasteiger partial charge on any atom is 0.354 e. The quantitative estimate of drug-likeness (QED) is 0.646. The third kappa shape index (κ3) is 3.26.